The summed E-state index contributed by atoms with van der Waals surface area (Å²) in [5.41, 5.74) is 10.8. The van der Waals surface area contributed by atoms with Gasteiger partial charge in [-0.1, -0.05) is 44.2 Å². The average Bonchev–Trinajstić information content (AvgIpc) is 2.39. The number of benzene rings is 1. The van der Waals surface area contributed by atoms with Crippen LogP contribution in [0.1, 0.15) is 48.2 Å². The third-order valence-electron chi connectivity index (χ3n) is 3.26. The van der Waals surface area contributed by atoms with Crippen LogP contribution in [0.5, 0.6) is 0 Å². The van der Waals surface area contributed by atoms with Gasteiger partial charge in [-0.05, 0) is 35.6 Å². The van der Waals surface area contributed by atoms with Gasteiger partial charge in [0.25, 0.3) is 0 Å². The number of nitrogens with zero attached hydrogens (tertiary/aromatic N) is 1. The molecule has 0 aliphatic rings. The zero-order valence-electron chi connectivity index (χ0n) is 11.2. The van der Waals surface area contributed by atoms with Gasteiger partial charge in [0.05, 0.1) is 6.04 Å². The number of aryl methyl sites for hydroxylation is 1. The van der Waals surface area contributed by atoms with Crippen molar-refractivity contribution in [2.24, 2.45) is 5.73 Å². The van der Waals surface area contributed by atoms with Crippen molar-refractivity contribution in [3.8, 4) is 0 Å². The average molecular weight is 240 g/mol. The molecule has 1 atom stereocenters. The highest BCUT2D eigenvalue weighted by atomic mass is 14.7. The molecular formula is C16H20N2. The molecule has 2 rings (SSSR count). The molecule has 0 saturated carbocycles. The van der Waals surface area contributed by atoms with Gasteiger partial charge >= 0.3 is 0 Å². The minimum absolute atomic E-state index is 0.0979. The first kappa shape index (κ1) is 12.8. The molecule has 0 spiro atoms. The van der Waals surface area contributed by atoms with Crippen LogP contribution in [0.15, 0.2) is 42.6 Å². The number of pyridine rings is 1. The molecule has 0 radical (unpaired) electrons. The molecule has 2 nitrogen and oxygen atoms in total. The first-order valence-corrected chi connectivity index (χ1v) is 6.36. The largest absolute Gasteiger partial charge is 0.320 e. The highest BCUT2D eigenvalue weighted by Gasteiger charge is 2.09. The van der Waals surface area contributed by atoms with Gasteiger partial charge in [0, 0.05) is 11.9 Å². The molecule has 1 aromatic heterocycles. The van der Waals surface area contributed by atoms with Gasteiger partial charge in [-0.3, -0.25) is 4.98 Å². The Labute approximate surface area is 109 Å². The summed E-state index contributed by atoms with van der Waals surface area (Å²) in [7, 11) is 0. The zero-order chi connectivity index (χ0) is 13.1. The van der Waals surface area contributed by atoms with E-state index in [1.165, 1.54) is 5.56 Å². The van der Waals surface area contributed by atoms with Gasteiger partial charge in [0.15, 0.2) is 0 Å². The van der Waals surface area contributed by atoms with E-state index in [0.29, 0.717) is 5.92 Å². The van der Waals surface area contributed by atoms with E-state index in [1.807, 2.05) is 25.3 Å². The Kier molecular flexibility index (Phi) is 3.78. The zero-order valence-corrected chi connectivity index (χ0v) is 11.2. The van der Waals surface area contributed by atoms with Crippen molar-refractivity contribution in [1.82, 2.24) is 4.98 Å². The first-order valence-electron chi connectivity index (χ1n) is 6.36. The van der Waals surface area contributed by atoms with E-state index in [1.54, 1.807) is 0 Å². The molecule has 0 saturated heterocycles. The van der Waals surface area contributed by atoms with Crippen LogP contribution < -0.4 is 5.73 Å². The summed E-state index contributed by atoms with van der Waals surface area (Å²) in [6, 6.07) is 12.5. The van der Waals surface area contributed by atoms with Crippen molar-refractivity contribution in [2.45, 2.75) is 32.7 Å². The van der Waals surface area contributed by atoms with E-state index in [2.05, 4.69) is 43.1 Å². The van der Waals surface area contributed by atoms with E-state index < -0.39 is 0 Å². The van der Waals surface area contributed by atoms with Gasteiger partial charge in [-0.2, -0.15) is 0 Å². The fourth-order valence-electron chi connectivity index (χ4n) is 1.94. The molecule has 2 N–H and O–H groups in total. The van der Waals surface area contributed by atoms with Crippen LogP contribution >= 0.6 is 0 Å². The number of hydrogen-bond donors (Lipinski definition) is 1. The number of aromatic nitrogens is 1. The smallest absolute Gasteiger partial charge is 0.0566 e. The Morgan fingerprint density at radius 2 is 1.44 bits per heavy atom. The molecule has 0 aliphatic heterocycles. The maximum atomic E-state index is 6.25. The van der Waals surface area contributed by atoms with E-state index in [-0.39, 0.29) is 6.04 Å². The maximum Gasteiger partial charge on any atom is 0.0566 e. The van der Waals surface area contributed by atoms with Crippen molar-refractivity contribution in [2.75, 3.05) is 0 Å². The van der Waals surface area contributed by atoms with Gasteiger partial charge in [0.2, 0.25) is 0 Å². The molecule has 0 bridgehead atoms. The van der Waals surface area contributed by atoms with E-state index in [9.17, 15) is 0 Å². The summed E-state index contributed by atoms with van der Waals surface area (Å²) < 4.78 is 0. The predicted molar refractivity (Wildman–Crippen MR) is 75.5 cm³/mol. The lowest BCUT2D eigenvalue weighted by Gasteiger charge is -2.14. The van der Waals surface area contributed by atoms with Crippen molar-refractivity contribution in [3.63, 3.8) is 0 Å². The summed E-state index contributed by atoms with van der Waals surface area (Å²) in [4.78, 5) is 4.29. The Hall–Kier alpha value is -1.67. The molecule has 0 aliphatic carbocycles. The summed E-state index contributed by atoms with van der Waals surface area (Å²) in [5, 5.41) is 0. The fourth-order valence-corrected chi connectivity index (χ4v) is 1.94. The van der Waals surface area contributed by atoms with Gasteiger partial charge in [-0.15, -0.1) is 0 Å². The SMILES string of the molecule is Cc1ccc(C(N)c2ccc(C(C)C)cc2)cn1. The molecule has 0 fully saturated rings. The van der Waals surface area contributed by atoms with Gasteiger partial charge < -0.3 is 5.73 Å². The lowest BCUT2D eigenvalue weighted by atomic mass is 9.96. The minimum atomic E-state index is -0.0979. The monoisotopic (exact) mass is 240 g/mol. The topological polar surface area (TPSA) is 38.9 Å². The molecule has 2 aromatic rings. The predicted octanol–water partition coefficient (Wildman–Crippen LogP) is 3.56. The van der Waals surface area contributed by atoms with Crippen molar-refractivity contribution >= 4 is 0 Å². The quantitative estimate of drug-likeness (QED) is 0.891. The van der Waals surface area contributed by atoms with Crippen LogP contribution in [-0.4, -0.2) is 4.98 Å². The molecule has 0 amide bonds. The Bertz CT molecular complexity index is 498. The van der Waals surface area contributed by atoms with Crippen LogP contribution in [0.2, 0.25) is 0 Å². The lowest BCUT2D eigenvalue weighted by molar-refractivity contribution is 0.842. The first-order chi connectivity index (χ1) is 8.58. The van der Waals surface area contributed by atoms with Crippen LogP contribution in [0.25, 0.3) is 0 Å². The third kappa shape index (κ3) is 2.77. The second-order valence-electron chi connectivity index (χ2n) is 5.03. The Morgan fingerprint density at radius 3 is 1.94 bits per heavy atom. The molecule has 94 valence electrons. The van der Waals surface area contributed by atoms with E-state index in [0.717, 1.165) is 16.8 Å². The standard InChI is InChI=1S/C16H20N2/c1-11(2)13-6-8-14(9-7-13)16(17)15-5-4-12(3)18-10-15/h4-11,16H,17H2,1-3H3. The number of rotatable bonds is 3. The minimum Gasteiger partial charge on any atom is -0.320 e. The van der Waals surface area contributed by atoms with Gasteiger partial charge in [0.1, 0.15) is 0 Å². The molecule has 18 heavy (non-hydrogen) atoms. The second-order valence-corrected chi connectivity index (χ2v) is 5.03. The van der Waals surface area contributed by atoms with E-state index in [4.69, 9.17) is 5.73 Å². The Balaban J connectivity index is 2.23. The number of hydrogen-bond acceptors (Lipinski definition) is 2. The highest BCUT2D eigenvalue weighted by molar-refractivity contribution is 5.33. The molecule has 1 unspecified atom stereocenters. The van der Waals surface area contributed by atoms with E-state index >= 15 is 0 Å². The van der Waals surface area contributed by atoms with Crippen LogP contribution in [0.3, 0.4) is 0 Å². The summed E-state index contributed by atoms with van der Waals surface area (Å²) >= 11 is 0. The Morgan fingerprint density at radius 1 is 0.889 bits per heavy atom. The fraction of sp³-hybridized carbons (Fsp3) is 0.312. The molecule has 2 heteroatoms. The normalized spacial score (nSPS) is 12.7. The van der Waals surface area contributed by atoms with Crippen LogP contribution in [-0.2, 0) is 0 Å². The van der Waals surface area contributed by atoms with Crippen LogP contribution in [0, 0.1) is 6.92 Å². The highest BCUT2D eigenvalue weighted by Crippen LogP contribution is 2.21. The lowest BCUT2D eigenvalue weighted by Crippen LogP contribution is -2.12. The number of nitrogens with two attached hydrogens (primary N) is 1. The van der Waals surface area contributed by atoms with Gasteiger partial charge in [-0.25, -0.2) is 0 Å². The molecule has 1 aromatic carbocycles. The molecular weight excluding hydrogens is 220 g/mol. The summed E-state index contributed by atoms with van der Waals surface area (Å²) in [6.07, 6.45) is 1.86. The maximum absolute atomic E-state index is 6.25. The van der Waals surface area contributed by atoms with Crippen molar-refractivity contribution in [1.29, 1.82) is 0 Å². The summed E-state index contributed by atoms with van der Waals surface area (Å²) in [6.45, 7) is 6.37. The second kappa shape index (κ2) is 5.32. The van der Waals surface area contributed by atoms with Crippen LogP contribution in [0.4, 0.5) is 0 Å². The third-order valence-corrected chi connectivity index (χ3v) is 3.26. The van der Waals surface area contributed by atoms with Crippen molar-refractivity contribution < 1.29 is 0 Å². The molecule has 1 heterocycles. The van der Waals surface area contributed by atoms with Crippen molar-refractivity contribution in [3.05, 3.63) is 65.0 Å². The summed E-state index contributed by atoms with van der Waals surface area (Å²) in [5.74, 6) is 0.552.